The lowest BCUT2D eigenvalue weighted by atomic mass is 10.1. The second-order valence-corrected chi connectivity index (χ2v) is 7.78. The van der Waals surface area contributed by atoms with Crippen LogP contribution in [0.4, 0.5) is 0 Å². The maximum Gasteiger partial charge on any atom is 0.0831 e. The lowest BCUT2D eigenvalue weighted by molar-refractivity contribution is 0.0705. The summed E-state index contributed by atoms with van der Waals surface area (Å²) >= 11 is 0. The average molecular weight is 486 g/mol. The number of aliphatic hydroxyl groups excluding tert-OH is 2. The zero-order valence-electron chi connectivity index (χ0n) is 16.6. The summed E-state index contributed by atoms with van der Waals surface area (Å²) in [5, 5.41) is 25.7. The molecule has 0 radical (unpaired) electrons. The Hall–Kier alpha value is 0.920. The molecule has 0 bridgehead atoms. The van der Waals surface area contributed by atoms with Crippen molar-refractivity contribution in [2.75, 3.05) is 52.4 Å². The van der Waals surface area contributed by atoms with Crippen LogP contribution in [0.5, 0.6) is 0 Å². The van der Waals surface area contributed by atoms with Crippen molar-refractivity contribution in [2.45, 2.75) is 62.8 Å². The summed E-state index contributed by atoms with van der Waals surface area (Å²) in [6.07, 6.45) is 7.70. The Morgan fingerprint density at radius 3 is 1.07 bits per heavy atom. The monoisotopic (exact) mass is 484 g/mol. The van der Waals surface area contributed by atoms with Crippen LogP contribution in [-0.2, 0) is 0 Å². The number of hydrogen-bond donors (Lipinski definition) is 4. The molecule has 4 fully saturated rings. The lowest BCUT2D eigenvalue weighted by Gasteiger charge is -2.33. The van der Waals surface area contributed by atoms with Crippen LogP contribution in [0.25, 0.3) is 0 Å². The van der Waals surface area contributed by atoms with E-state index in [0.29, 0.717) is 12.1 Å². The van der Waals surface area contributed by atoms with Crippen molar-refractivity contribution in [3.8, 4) is 0 Å². The van der Waals surface area contributed by atoms with Crippen LogP contribution in [0.3, 0.4) is 0 Å². The molecule has 0 aromatic rings. The van der Waals surface area contributed by atoms with Crippen molar-refractivity contribution in [1.82, 2.24) is 20.4 Å². The van der Waals surface area contributed by atoms with Crippen LogP contribution < -0.4 is 10.6 Å². The lowest BCUT2D eigenvalue weighted by Crippen LogP contribution is -2.45. The van der Waals surface area contributed by atoms with Crippen molar-refractivity contribution in [1.29, 1.82) is 0 Å². The number of rotatable bonds is 2. The van der Waals surface area contributed by atoms with Gasteiger partial charge in [-0.05, 0) is 51.9 Å². The molecule has 28 heavy (non-hydrogen) atoms. The van der Waals surface area contributed by atoms with Gasteiger partial charge < -0.3 is 20.8 Å². The minimum Gasteiger partial charge on any atom is -0.390 e. The molecule has 0 unspecified atom stereocenters. The fourth-order valence-corrected chi connectivity index (χ4v) is 4.55. The van der Waals surface area contributed by atoms with E-state index in [-0.39, 0.29) is 61.8 Å². The predicted octanol–water partition coefficient (Wildman–Crippen LogP) is 1.30. The van der Waals surface area contributed by atoms with Crippen molar-refractivity contribution < 1.29 is 10.2 Å². The number of nitrogens with zero attached hydrogens (tertiary/aromatic N) is 2. The van der Waals surface area contributed by atoms with Crippen molar-refractivity contribution >= 4 is 49.6 Å². The largest absolute Gasteiger partial charge is 0.390 e. The highest BCUT2D eigenvalue weighted by Crippen LogP contribution is 2.17. The maximum atomic E-state index is 9.64. The molecular formula is C18H40Cl4N4O2. The summed E-state index contributed by atoms with van der Waals surface area (Å²) in [6, 6.07) is 0.788. The number of piperidine rings is 2. The minimum absolute atomic E-state index is 0. The Morgan fingerprint density at radius 2 is 0.821 bits per heavy atom. The number of aliphatic hydroxyl groups is 2. The third kappa shape index (κ3) is 8.96. The van der Waals surface area contributed by atoms with E-state index < -0.39 is 0 Å². The van der Waals surface area contributed by atoms with E-state index in [2.05, 4.69) is 20.4 Å². The number of likely N-dealkylation sites (tertiary alicyclic amines) is 2. The van der Waals surface area contributed by atoms with E-state index in [4.69, 9.17) is 0 Å². The molecular weight excluding hydrogens is 446 g/mol. The van der Waals surface area contributed by atoms with Gasteiger partial charge in [0.15, 0.2) is 0 Å². The molecule has 4 aliphatic rings. The van der Waals surface area contributed by atoms with Gasteiger partial charge in [-0.1, -0.05) is 12.8 Å². The molecule has 0 aliphatic carbocycles. The predicted molar refractivity (Wildman–Crippen MR) is 125 cm³/mol. The van der Waals surface area contributed by atoms with Crippen LogP contribution in [0.1, 0.15) is 38.5 Å². The highest BCUT2D eigenvalue weighted by atomic mass is 35.5. The van der Waals surface area contributed by atoms with Gasteiger partial charge in [0, 0.05) is 38.3 Å². The number of nitrogens with one attached hydrogen (secondary N) is 2. The summed E-state index contributed by atoms with van der Waals surface area (Å²) in [4.78, 5) is 4.88. The molecule has 0 amide bonds. The molecule has 0 aromatic heterocycles. The summed E-state index contributed by atoms with van der Waals surface area (Å²) < 4.78 is 0. The number of hydrogen-bond acceptors (Lipinski definition) is 6. The second kappa shape index (κ2) is 16.6. The first-order chi connectivity index (χ1) is 11.8. The van der Waals surface area contributed by atoms with Gasteiger partial charge in [0.05, 0.1) is 12.2 Å². The summed E-state index contributed by atoms with van der Waals surface area (Å²) in [5.41, 5.74) is 0. The third-order valence-electron chi connectivity index (χ3n) is 6.02. The van der Waals surface area contributed by atoms with Crippen LogP contribution in [0.15, 0.2) is 0 Å². The molecule has 10 heteroatoms. The zero-order valence-corrected chi connectivity index (χ0v) is 19.9. The Kier molecular flexibility index (Phi) is 18.4. The fourth-order valence-electron chi connectivity index (χ4n) is 4.55. The first-order valence-corrected chi connectivity index (χ1v) is 10.0. The van der Waals surface area contributed by atoms with Gasteiger partial charge in [0.2, 0.25) is 0 Å². The first-order valence-electron chi connectivity index (χ1n) is 10.0. The molecule has 4 rings (SSSR count). The standard InChI is InChI=1S/2C9H18N2O.4ClH/c2*12-9-7-10-6-8(9)11-4-2-1-3-5-11;;;;/h2*8-10,12H,1-7H2;4*1H/t2*8-,9-;;;;/m10..../s1. The molecule has 4 saturated heterocycles. The SMILES string of the molecule is Cl.Cl.Cl.Cl.O[C@@H]1CNC[C@H]1N1CCCCC1.O[C@H]1CNC[C@@H]1N1CCCCC1. The third-order valence-corrected chi connectivity index (χ3v) is 6.02. The Balaban J connectivity index is 0. The van der Waals surface area contributed by atoms with Gasteiger partial charge in [0.25, 0.3) is 0 Å². The highest BCUT2D eigenvalue weighted by Gasteiger charge is 2.31. The van der Waals surface area contributed by atoms with Crippen LogP contribution in [0.2, 0.25) is 0 Å². The van der Waals surface area contributed by atoms with Crippen LogP contribution in [0, 0.1) is 0 Å². The van der Waals surface area contributed by atoms with Gasteiger partial charge in [-0.15, -0.1) is 49.6 Å². The second-order valence-electron chi connectivity index (χ2n) is 7.78. The van der Waals surface area contributed by atoms with Crippen LogP contribution >= 0.6 is 49.6 Å². The smallest absolute Gasteiger partial charge is 0.0831 e. The summed E-state index contributed by atoms with van der Waals surface area (Å²) in [6.45, 7) is 8.24. The molecule has 0 saturated carbocycles. The Labute approximate surface area is 195 Å². The van der Waals surface area contributed by atoms with Gasteiger partial charge in [-0.2, -0.15) is 0 Å². The molecule has 4 N–H and O–H groups in total. The van der Waals surface area contributed by atoms with Gasteiger partial charge in [-0.3, -0.25) is 9.80 Å². The number of halogens is 4. The quantitative estimate of drug-likeness (QED) is 0.472. The van der Waals surface area contributed by atoms with Gasteiger partial charge in [0.1, 0.15) is 0 Å². The van der Waals surface area contributed by atoms with Crippen LogP contribution in [-0.4, -0.2) is 96.7 Å². The Morgan fingerprint density at radius 1 is 0.500 bits per heavy atom. The molecule has 4 atom stereocenters. The van der Waals surface area contributed by atoms with E-state index in [1.807, 2.05) is 0 Å². The molecule has 6 nitrogen and oxygen atoms in total. The summed E-state index contributed by atoms with van der Waals surface area (Å²) in [5.74, 6) is 0. The normalized spacial score (nSPS) is 33.2. The van der Waals surface area contributed by atoms with E-state index in [1.165, 1.54) is 64.7 Å². The van der Waals surface area contributed by atoms with Crippen molar-refractivity contribution in [3.63, 3.8) is 0 Å². The Bertz CT molecular complexity index is 341. The van der Waals surface area contributed by atoms with E-state index >= 15 is 0 Å². The number of β-amino-alcohol motifs (C(OH)–C–C–N with tert-alkyl or cyclic N) is 2. The first kappa shape index (κ1) is 31.1. The summed E-state index contributed by atoms with van der Waals surface area (Å²) in [7, 11) is 0. The van der Waals surface area contributed by atoms with Gasteiger partial charge in [-0.25, -0.2) is 0 Å². The average Bonchev–Trinajstić information content (AvgIpc) is 3.25. The molecule has 172 valence electrons. The molecule has 0 aromatic carbocycles. The highest BCUT2D eigenvalue weighted by molar-refractivity contribution is 5.86. The van der Waals surface area contributed by atoms with Gasteiger partial charge >= 0.3 is 0 Å². The molecule has 4 aliphatic heterocycles. The van der Waals surface area contributed by atoms with E-state index in [1.54, 1.807) is 0 Å². The molecule has 4 heterocycles. The topological polar surface area (TPSA) is 71.0 Å². The maximum absolute atomic E-state index is 9.64. The van der Waals surface area contributed by atoms with Crippen molar-refractivity contribution in [2.24, 2.45) is 0 Å². The van der Waals surface area contributed by atoms with E-state index in [0.717, 1.165) is 26.2 Å². The van der Waals surface area contributed by atoms with E-state index in [9.17, 15) is 10.2 Å². The van der Waals surface area contributed by atoms with Crippen molar-refractivity contribution in [3.05, 3.63) is 0 Å². The fraction of sp³-hybridized carbons (Fsp3) is 1.00. The minimum atomic E-state index is -0.136. The zero-order chi connectivity index (χ0) is 16.8. The molecule has 0 spiro atoms.